The van der Waals surface area contributed by atoms with Crippen molar-refractivity contribution in [3.05, 3.63) is 39.5 Å². The molecular weight excluding hydrogens is 320 g/mol. The quantitative estimate of drug-likeness (QED) is 0.625. The highest BCUT2D eigenvalue weighted by molar-refractivity contribution is 9.09. The van der Waals surface area contributed by atoms with Gasteiger partial charge >= 0.3 is 5.97 Å². The Bertz CT molecular complexity index is 560. The molecule has 1 rings (SSSR count). The van der Waals surface area contributed by atoms with Crippen LogP contribution in [0.3, 0.4) is 0 Å². The molecule has 2 N–H and O–H groups in total. The zero-order chi connectivity index (χ0) is 15.4. The molecule has 0 aliphatic rings. The summed E-state index contributed by atoms with van der Waals surface area (Å²) in [5, 5.41) is 20.4. The van der Waals surface area contributed by atoms with Crippen molar-refractivity contribution < 1.29 is 15.0 Å². The lowest BCUT2D eigenvalue weighted by atomic mass is 9.88. The summed E-state index contributed by atoms with van der Waals surface area (Å²) in [5.74, 6) is -1.16. The number of carboxylic acids is 1. The first-order valence-electron chi connectivity index (χ1n) is 6.63. The fraction of sp³-hybridized carbons (Fsp3) is 0.438. The maximum absolute atomic E-state index is 11.4. The molecule has 0 aliphatic heterocycles. The van der Waals surface area contributed by atoms with E-state index < -0.39 is 5.97 Å². The van der Waals surface area contributed by atoms with Gasteiger partial charge in [-0.1, -0.05) is 34.5 Å². The first-order chi connectivity index (χ1) is 9.34. The van der Waals surface area contributed by atoms with Gasteiger partial charge in [0.25, 0.3) is 0 Å². The largest absolute Gasteiger partial charge is 0.507 e. The Labute approximate surface area is 128 Å². The minimum atomic E-state index is -1.08. The van der Waals surface area contributed by atoms with E-state index in [-0.39, 0.29) is 11.3 Å². The monoisotopic (exact) mass is 340 g/mol. The number of halogens is 1. The van der Waals surface area contributed by atoms with Crippen molar-refractivity contribution in [1.29, 1.82) is 0 Å². The molecule has 110 valence electrons. The number of phenols is 1. The zero-order valence-electron chi connectivity index (χ0n) is 12.4. The first-order valence-corrected chi connectivity index (χ1v) is 7.75. The molecule has 0 saturated carbocycles. The Balaban J connectivity index is 3.52. The third-order valence-corrected chi connectivity index (χ3v) is 4.59. The third-order valence-electron chi connectivity index (χ3n) is 3.71. The van der Waals surface area contributed by atoms with Crippen molar-refractivity contribution in [2.24, 2.45) is 0 Å². The van der Waals surface area contributed by atoms with Crippen LogP contribution in [0.15, 0.2) is 11.6 Å². The Morgan fingerprint density at radius 2 is 1.85 bits per heavy atom. The van der Waals surface area contributed by atoms with Crippen LogP contribution in [0, 0.1) is 13.8 Å². The molecule has 0 saturated heterocycles. The summed E-state index contributed by atoms with van der Waals surface area (Å²) in [6.45, 7) is 7.69. The second-order valence-electron chi connectivity index (χ2n) is 4.98. The molecule has 0 unspecified atom stereocenters. The first kappa shape index (κ1) is 16.8. The maximum Gasteiger partial charge on any atom is 0.339 e. The second kappa shape index (κ2) is 6.93. The zero-order valence-corrected chi connectivity index (χ0v) is 14.0. The van der Waals surface area contributed by atoms with Crippen molar-refractivity contribution in [2.75, 3.05) is 5.33 Å². The van der Waals surface area contributed by atoms with E-state index in [0.717, 1.165) is 34.0 Å². The van der Waals surface area contributed by atoms with E-state index in [4.69, 9.17) is 0 Å². The topological polar surface area (TPSA) is 57.5 Å². The van der Waals surface area contributed by atoms with Gasteiger partial charge in [-0.2, -0.15) is 0 Å². The molecule has 0 heterocycles. The van der Waals surface area contributed by atoms with Crippen molar-refractivity contribution in [3.63, 3.8) is 0 Å². The number of aromatic carboxylic acids is 1. The molecule has 20 heavy (non-hydrogen) atoms. The maximum atomic E-state index is 11.4. The summed E-state index contributed by atoms with van der Waals surface area (Å²) >= 11 is 3.38. The van der Waals surface area contributed by atoms with Gasteiger partial charge in [0, 0.05) is 10.9 Å². The third kappa shape index (κ3) is 3.23. The number of rotatable bonds is 5. The van der Waals surface area contributed by atoms with Crippen molar-refractivity contribution in [3.8, 4) is 5.75 Å². The number of allylic oxidation sites excluding steroid dienone is 2. The Morgan fingerprint density at radius 3 is 2.30 bits per heavy atom. The van der Waals surface area contributed by atoms with Gasteiger partial charge in [0.15, 0.2) is 0 Å². The fourth-order valence-corrected chi connectivity index (χ4v) is 2.63. The Hall–Kier alpha value is -1.29. The van der Waals surface area contributed by atoms with E-state index >= 15 is 0 Å². The summed E-state index contributed by atoms with van der Waals surface area (Å²) in [5.41, 5.74) is 4.57. The van der Waals surface area contributed by atoms with E-state index in [1.165, 1.54) is 0 Å². The molecule has 1 aromatic carbocycles. The highest BCUT2D eigenvalue weighted by atomic mass is 79.9. The van der Waals surface area contributed by atoms with Crippen LogP contribution in [0.2, 0.25) is 0 Å². The normalized spacial score (nSPS) is 11.8. The predicted molar refractivity (Wildman–Crippen MR) is 85.2 cm³/mol. The van der Waals surface area contributed by atoms with Gasteiger partial charge in [-0.15, -0.1) is 0 Å². The van der Waals surface area contributed by atoms with Crippen LogP contribution in [0.5, 0.6) is 5.75 Å². The number of carbonyl (C=O) groups is 1. The summed E-state index contributed by atoms with van der Waals surface area (Å²) in [4.78, 5) is 11.4. The molecule has 4 heteroatoms. The highest BCUT2D eigenvalue weighted by Gasteiger charge is 2.22. The van der Waals surface area contributed by atoms with Crippen molar-refractivity contribution in [2.45, 2.75) is 40.5 Å². The minimum absolute atomic E-state index is 0.0274. The van der Waals surface area contributed by atoms with Gasteiger partial charge in [-0.05, 0) is 50.3 Å². The average Bonchev–Trinajstić information content (AvgIpc) is 2.40. The van der Waals surface area contributed by atoms with E-state index in [1.54, 1.807) is 6.92 Å². The Kier molecular flexibility index (Phi) is 5.81. The predicted octanol–water partition coefficient (Wildman–Crippen LogP) is 4.15. The molecule has 0 aromatic heterocycles. The fourth-order valence-electron chi connectivity index (χ4n) is 2.40. The summed E-state index contributed by atoms with van der Waals surface area (Å²) in [7, 11) is 0. The number of carboxylic acid groups (broad SMARTS) is 1. The lowest BCUT2D eigenvalue weighted by Crippen LogP contribution is -2.08. The molecule has 0 radical (unpaired) electrons. The van der Waals surface area contributed by atoms with Crippen molar-refractivity contribution >= 4 is 21.9 Å². The smallest absolute Gasteiger partial charge is 0.339 e. The van der Waals surface area contributed by atoms with Crippen LogP contribution in [0.25, 0.3) is 0 Å². The minimum Gasteiger partial charge on any atom is -0.507 e. The van der Waals surface area contributed by atoms with E-state index in [9.17, 15) is 15.0 Å². The molecule has 0 atom stereocenters. The molecule has 0 bridgehead atoms. The molecule has 3 nitrogen and oxygen atoms in total. The summed E-state index contributed by atoms with van der Waals surface area (Å²) < 4.78 is 0. The van der Waals surface area contributed by atoms with Gasteiger partial charge < -0.3 is 10.2 Å². The van der Waals surface area contributed by atoms with Crippen LogP contribution >= 0.6 is 15.9 Å². The average molecular weight is 341 g/mol. The van der Waals surface area contributed by atoms with Crippen LogP contribution in [0.4, 0.5) is 0 Å². The Morgan fingerprint density at radius 1 is 1.25 bits per heavy atom. The standard InChI is InChI=1S/C16H21BrO3/c1-5-12-10(3)11(4)14(16(19)20)15(18)13(12)7-6-9(2)8-17/h6,18H,5,7-8H2,1-4H3,(H,19,20)/b9-6+. The number of benzene rings is 1. The molecule has 0 spiro atoms. The van der Waals surface area contributed by atoms with E-state index in [0.29, 0.717) is 12.0 Å². The molecule has 1 aromatic rings. The molecule has 0 fully saturated rings. The van der Waals surface area contributed by atoms with Gasteiger partial charge in [-0.3, -0.25) is 0 Å². The lowest BCUT2D eigenvalue weighted by Gasteiger charge is -2.18. The van der Waals surface area contributed by atoms with E-state index in [2.05, 4.69) is 15.9 Å². The van der Waals surface area contributed by atoms with Gasteiger partial charge in [0.1, 0.15) is 11.3 Å². The summed E-state index contributed by atoms with van der Waals surface area (Å²) in [6, 6.07) is 0. The molecular formula is C16H21BrO3. The van der Waals surface area contributed by atoms with Gasteiger partial charge in [0.2, 0.25) is 0 Å². The van der Waals surface area contributed by atoms with Gasteiger partial charge in [-0.25, -0.2) is 4.79 Å². The van der Waals surface area contributed by atoms with Crippen LogP contribution in [-0.4, -0.2) is 21.5 Å². The lowest BCUT2D eigenvalue weighted by molar-refractivity contribution is 0.0692. The van der Waals surface area contributed by atoms with Crippen molar-refractivity contribution in [1.82, 2.24) is 0 Å². The number of aromatic hydroxyl groups is 1. The second-order valence-corrected chi connectivity index (χ2v) is 5.54. The highest BCUT2D eigenvalue weighted by Crippen LogP contribution is 2.34. The van der Waals surface area contributed by atoms with Gasteiger partial charge in [0.05, 0.1) is 0 Å². The summed E-state index contributed by atoms with van der Waals surface area (Å²) in [6.07, 6.45) is 3.34. The number of hydrogen-bond acceptors (Lipinski definition) is 2. The SMILES string of the molecule is CCc1c(C)c(C)c(C(=O)O)c(O)c1C/C=C(\C)CBr. The van der Waals surface area contributed by atoms with E-state index in [1.807, 2.05) is 26.8 Å². The number of hydrogen-bond donors (Lipinski definition) is 2. The number of alkyl halides is 1. The van der Waals surface area contributed by atoms with Crippen LogP contribution in [-0.2, 0) is 12.8 Å². The molecule has 0 amide bonds. The van der Waals surface area contributed by atoms with Crippen LogP contribution in [0.1, 0.15) is 46.5 Å². The molecule has 0 aliphatic carbocycles. The van der Waals surface area contributed by atoms with Crippen LogP contribution < -0.4 is 0 Å².